The smallest absolute Gasteiger partial charge is 0.333 e. The zero-order valence-electron chi connectivity index (χ0n) is 70.7. The molecule has 2 amide bonds. The number of imide groups is 1. The Morgan fingerprint density at radius 2 is 0.805 bits per heavy atom. The molecule has 8 aromatic heterocycles. The van der Waals surface area contributed by atoms with Crippen molar-refractivity contribution in [3.05, 3.63) is 314 Å². The van der Waals surface area contributed by atoms with Gasteiger partial charge in [-0.3, -0.25) is 14.6 Å². The molecule has 25 nitrogen and oxygen atoms in total. The standard InChI is InChI=1S/C38H31N3O3P.C36H34N5O7.C26H22N4O3.BrH.ClH/c1-42-29-22-18-27(19-23-29)35-34(39-36(38-37(35)40-44-41-38)28-20-24-30(43-2)25-21-28)26-45(31-12-6-3-7-13-31,32-14-8-4-9-15-32)33-16-10-5-11-17-33;1-45-27-14-10-25(11-15-27)33-29(37-34(36-35(33)38-48-39-36)26-12-16-28(46-2)17-13-26)18-9-24-7-6-22-40(23-24)21-5-3-4-8-32(44)47-41-30(42)19-20-31(41)43;1-31-20-10-6-18(7-11-20)23-22(14-5-17-4-3-15-27-16-17)28-24(26-25(23)29-33-30-26)19-8-12-21(32-2)13-9-19;;/h3-25H,26H2,1-2H3;6-7,9-18,22-23H,3-5,8,19-21H2,1-2H3;3-4,6-13,15-16H,5,14H2,1-2H3;2*1H/q2*+1;;;/p-2/b;18-9+;;;. The largest absolute Gasteiger partial charge is 1.00 e. The second kappa shape index (κ2) is 42.3. The quantitative estimate of drug-likeness (QED) is 0.0182. The molecule has 9 aromatic carbocycles. The van der Waals surface area contributed by atoms with Gasteiger partial charge >= 0.3 is 5.97 Å². The number of hydroxylamine groups is 2. The second-order valence-electron chi connectivity index (χ2n) is 29.4. The molecule has 0 aliphatic carbocycles. The van der Waals surface area contributed by atoms with Crippen LogP contribution in [0.15, 0.2) is 300 Å². The number of hydrogen-bond acceptors (Lipinski definition) is 23. The summed E-state index contributed by atoms with van der Waals surface area (Å²) in [6.45, 7) is 0.743. The van der Waals surface area contributed by atoms with E-state index in [1.165, 1.54) is 15.9 Å². The summed E-state index contributed by atoms with van der Waals surface area (Å²) in [4.78, 5) is 60.2. The number of pyridine rings is 5. The maximum absolute atomic E-state index is 12.1. The molecule has 0 atom stereocenters. The number of unbranched alkanes of at least 4 members (excludes halogenated alkanes) is 2. The van der Waals surface area contributed by atoms with Crippen LogP contribution in [0, 0.1) is 0 Å². The van der Waals surface area contributed by atoms with Crippen molar-refractivity contribution < 1.29 is 95.5 Å². The first-order chi connectivity index (χ1) is 61.9. The van der Waals surface area contributed by atoms with Crippen molar-refractivity contribution in [2.75, 3.05) is 42.7 Å². The Morgan fingerprint density at radius 1 is 0.414 bits per heavy atom. The highest BCUT2D eigenvalue weighted by molar-refractivity contribution is 7.95. The predicted molar refractivity (Wildman–Crippen MR) is 482 cm³/mol. The van der Waals surface area contributed by atoms with Crippen molar-refractivity contribution in [3.8, 4) is 102 Å². The van der Waals surface area contributed by atoms with E-state index >= 15 is 0 Å². The zero-order chi connectivity index (χ0) is 86.7. The van der Waals surface area contributed by atoms with Gasteiger partial charge in [0.05, 0.1) is 59.7 Å². The van der Waals surface area contributed by atoms with Crippen molar-refractivity contribution in [1.29, 1.82) is 0 Å². The molecule has 0 N–H and O–H groups in total. The average Bonchev–Trinajstić information content (AvgIpc) is 0.859. The summed E-state index contributed by atoms with van der Waals surface area (Å²) in [5.41, 5.74) is 18.5. The highest BCUT2D eigenvalue weighted by Crippen LogP contribution is 2.59. The first kappa shape index (κ1) is 89.6. The van der Waals surface area contributed by atoms with Gasteiger partial charge < -0.3 is 62.6 Å². The van der Waals surface area contributed by atoms with E-state index in [4.69, 9.17) is 62.1 Å². The fourth-order valence-corrected chi connectivity index (χ4v) is 19.5. The molecule has 1 fully saturated rings. The minimum Gasteiger partial charge on any atom is -1.00 e. The molecule has 128 heavy (non-hydrogen) atoms. The third-order valence-electron chi connectivity index (χ3n) is 21.8. The number of nitrogens with zero attached hydrogens (tertiary/aromatic N) is 12. The van der Waals surface area contributed by atoms with E-state index in [1.54, 1.807) is 48.9 Å². The molecule has 28 heteroatoms. The normalized spacial score (nSPS) is 11.8. The Morgan fingerprint density at radius 3 is 1.23 bits per heavy atom. The Kier molecular flexibility index (Phi) is 29.6. The van der Waals surface area contributed by atoms with Gasteiger partial charge in [-0.1, -0.05) is 97.1 Å². The van der Waals surface area contributed by atoms with Crippen LogP contribution in [0.1, 0.15) is 66.7 Å². The number of aromatic nitrogens is 11. The van der Waals surface area contributed by atoms with Crippen LogP contribution in [0.4, 0.5) is 0 Å². The molecule has 18 rings (SSSR count). The molecular formula is C100H87BrClN12O13P. The van der Waals surface area contributed by atoms with Crippen molar-refractivity contribution in [3.63, 3.8) is 0 Å². The van der Waals surface area contributed by atoms with Crippen LogP contribution in [0.2, 0.25) is 0 Å². The maximum Gasteiger partial charge on any atom is 0.333 e. The number of fused-ring (bicyclic) bond motifs is 3. The van der Waals surface area contributed by atoms with E-state index in [1.807, 2.05) is 195 Å². The highest BCUT2D eigenvalue weighted by Gasteiger charge is 2.47. The van der Waals surface area contributed by atoms with Gasteiger partial charge in [-0.15, -0.1) is 5.06 Å². The molecule has 1 saturated heterocycles. The number of rotatable bonds is 29. The predicted octanol–water partition coefficient (Wildman–Crippen LogP) is 12.2. The van der Waals surface area contributed by atoms with Crippen molar-refractivity contribution >= 4 is 86.2 Å². The van der Waals surface area contributed by atoms with E-state index in [0.717, 1.165) is 139 Å². The SMILES string of the molecule is COc1ccc(-c2nc(/C=C/c3ccc[n+](CCCCCC(=O)ON4C(=O)CCC4=O)c3)c(-c3ccc(OC)cc3)c3nonc23)cc1.COc1ccc(-c2nc(CCc3cccnc3)c(-c3ccc(OC)cc3)c3nonc23)cc1.COc1ccc(-c2nc(C[P+](c3ccccc3)(c3ccccc3)c3ccccc3)c(-c3ccc(OC)cc3)c3nonc23)cc1.[Br-].[Cl-]. The summed E-state index contributed by atoms with van der Waals surface area (Å²) in [5, 5.41) is 30.3. The van der Waals surface area contributed by atoms with Gasteiger partial charge in [0.15, 0.2) is 28.9 Å². The topological polar surface area (TPSA) is 291 Å². The zero-order valence-corrected chi connectivity index (χ0v) is 74.0. The number of aryl methyl sites for hydroxylation is 3. The van der Waals surface area contributed by atoms with E-state index in [-0.39, 0.29) is 48.7 Å². The maximum atomic E-state index is 12.1. The third kappa shape index (κ3) is 20.1. The molecule has 0 bridgehead atoms. The summed E-state index contributed by atoms with van der Waals surface area (Å²) in [6.07, 6.45) is 16.3. The molecule has 1 aliphatic rings. The van der Waals surface area contributed by atoms with Crippen LogP contribution in [0.25, 0.3) is 112 Å². The molecule has 17 aromatic rings. The first-order valence-electron chi connectivity index (χ1n) is 40.9. The number of hydrogen-bond donors (Lipinski definition) is 0. The summed E-state index contributed by atoms with van der Waals surface area (Å²) >= 11 is 0. The van der Waals surface area contributed by atoms with Gasteiger partial charge in [0.25, 0.3) is 11.8 Å². The summed E-state index contributed by atoms with van der Waals surface area (Å²) in [6, 6.07) is 87.3. The lowest BCUT2D eigenvalue weighted by molar-refractivity contribution is -0.697. The molecule has 0 unspecified atom stereocenters. The molecule has 9 heterocycles. The van der Waals surface area contributed by atoms with Gasteiger partial charge in [0.1, 0.15) is 104 Å². The van der Waals surface area contributed by atoms with Crippen molar-refractivity contribution in [1.82, 2.24) is 55.9 Å². The summed E-state index contributed by atoms with van der Waals surface area (Å²) in [5.74, 6) is 3.05. The number of ether oxygens (including phenoxy) is 6. The fourth-order valence-electron chi connectivity index (χ4n) is 15.4. The van der Waals surface area contributed by atoms with Crippen LogP contribution in [-0.4, -0.2) is 116 Å². The Bertz CT molecular complexity index is 6540. The minimum atomic E-state index is -2.31. The van der Waals surface area contributed by atoms with Crippen LogP contribution in [0.5, 0.6) is 34.5 Å². The van der Waals surface area contributed by atoms with Crippen LogP contribution < -0.4 is 78.3 Å². The van der Waals surface area contributed by atoms with Crippen molar-refractivity contribution in [2.45, 2.75) is 64.1 Å². The molecular weight excluding hydrogens is 1720 g/mol. The molecule has 1 aliphatic heterocycles. The lowest BCUT2D eigenvalue weighted by Gasteiger charge is -2.28. The first-order valence-corrected chi connectivity index (χ1v) is 42.9. The van der Waals surface area contributed by atoms with Crippen molar-refractivity contribution in [2.24, 2.45) is 0 Å². The summed E-state index contributed by atoms with van der Waals surface area (Å²) in [7, 11) is 7.57. The van der Waals surface area contributed by atoms with Crippen LogP contribution in [0.3, 0.4) is 0 Å². The third-order valence-corrected chi connectivity index (χ3v) is 26.1. The van der Waals surface area contributed by atoms with Gasteiger partial charge in [-0.2, -0.15) is 0 Å². The Balaban J connectivity index is 0.000000157. The van der Waals surface area contributed by atoms with Gasteiger partial charge in [0.2, 0.25) is 0 Å². The second-order valence-corrected chi connectivity index (χ2v) is 32.9. The number of amides is 2. The minimum absolute atomic E-state index is 0. The molecule has 644 valence electrons. The lowest BCUT2D eigenvalue weighted by atomic mass is 9.96. The summed E-state index contributed by atoms with van der Waals surface area (Å²) < 4.78 is 50.2. The van der Waals surface area contributed by atoms with E-state index in [2.05, 4.69) is 138 Å². The molecule has 0 spiro atoms. The van der Waals surface area contributed by atoms with Gasteiger partial charge in [-0.05, 0) is 249 Å². The number of halogens is 2. The molecule has 0 radical (unpaired) electrons. The van der Waals surface area contributed by atoms with E-state index in [0.29, 0.717) is 74.2 Å². The molecule has 0 saturated carbocycles. The van der Waals surface area contributed by atoms with Crippen LogP contribution in [-0.2, 0) is 44.8 Å². The van der Waals surface area contributed by atoms with Gasteiger partial charge in [-0.25, -0.2) is 38.2 Å². The van der Waals surface area contributed by atoms with E-state index in [9.17, 15) is 14.4 Å². The average molecular weight is 1810 g/mol. The number of carbonyl (C=O) groups is 3. The highest BCUT2D eigenvalue weighted by atomic mass is 79.9. The van der Waals surface area contributed by atoms with Gasteiger partial charge in [0, 0.05) is 83.1 Å². The van der Waals surface area contributed by atoms with E-state index < -0.39 is 25.0 Å². The Hall–Kier alpha value is -14.7. The lowest BCUT2D eigenvalue weighted by Crippen LogP contribution is -3.00. The van der Waals surface area contributed by atoms with Crippen LogP contribution >= 0.6 is 7.26 Å². The monoisotopic (exact) mass is 1810 g/mol. The fraction of sp³-hybridized carbons (Fsp3) is 0.160. The Labute approximate surface area is 755 Å². The number of benzene rings is 9. The number of carbonyl (C=O) groups excluding carboxylic acids is 3. The number of methoxy groups -OCH3 is 6.